The number of nitrogens with zero attached hydrogens (tertiary/aromatic N) is 1. The fourth-order valence-electron chi connectivity index (χ4n) is 2.07. The minimum atomic E-state index is -3.40. The molecule has 0 aliphatic carbocycles. The molecule has 0 heterocycles. The second kappa shape index (κ2) is 8.36. The quantitative estimate of drug-likeness (QED) is 0.426. The van der Waals surface area contributed by atoms with E-state index in [0.717, 1.165) is 12.3 Å². The highest BCUT2D eigenvalue weighted by Crippen LogP contribution is 2.26. The van der Waals surface area contributed by atoms with Gasteiger partial charge in [-0.3, -0.25) is 14.9 Å². The summed E-state index contributed by atoms with van der Waals surface area (Å²) >= 11 is 5.90. The van der Waals surface area contributed by atoms with Gasteiger partial charge in [0.2, 0.25) is 0 Å². The van der Waals surface area contributed by atoms with Crippen molar-refractivity contribution in [2.45, 2.75) is 17.9 Å². The molecule has 11 heteroatoms. The highest BCUT2D eigenvalue weighted by atomic mass is 35.5. The van der Waals surface area contributed by atoms with Crippen molar-refractivity contribution in [3.05, 3.63) is 63.2 Å². The Balaban J connectivity index is 2.04. The first-order valence-electron chi connectivity index (χ1n) is 7.75. The normalized spacial score (nSPS) is 12.1. The van der Waals surface area contributed by atoms with Gasteiger partial charge in [-0.15, -0.1) is 0 Å². The lowest BCUT2D eigenvalue weighted by atomic mass is 10.2. The zero-order valence-electron chi connectivity index (χ0n) is 14.7. The van der Waals surface area contributed by atoms with Gasteiger partial charge in [0, 0.05) is 18.4 Å². The fraction of sp³-hybridized carbons (Fsp3) is 0.176. The number of nitrogens with one attached hydrogen (secondary N) is 1. The molecule has 0 aromatic heterocycles. The molecular formula is C17H15ClN2O7S. The number of nitro benzene ring substituents is 1. The number of carbonyl (C=O) groups is 2. The van der Waals surface area contributed by atoms with Gasteiger partial charge in [0.15, 0.2) is 15.9 Å². The van der Waals surface area contributed by atoms with Crippen molar-refractivity contribution in [2.24, 2.45) is 0 Å². The van der Waals surface area contributed by atoms with Crippen molar-refractivity contribution in [1.29, 1.82) is 0 Å². The van der Waals surface area contributed by atoms with Crippen LogP contribution in [0.15, 0.2) is 47.4 Å². The molecule has 148 valence electrons. The Morgan fingerprint density at radius 1 is 1.18 bits per heavy atom. The third kappa shape index (κ3) is 5.27. The van der Waals surface area contributed by atoms with Crippen LogP contribution in [0.3, 0.4) is 0 Å². The summed E-state index contributed by atoms with van der Waals surface area (Å²) in [5.74, 6) is -1.52. The van der Waals surface area contributed by atoms with E-state index < -0.39 is 32.7 Å². The summed E-state index contributed by atoms with van der Waals surface area (Å²) in [6, 6.07) is 8.57. The number of ether oxygens (including phenoxy) is 1. The van der Waals surface area contributed by atoms with Gasteiger partial charge in [-0.1, -0.05) is 11.6 Å². The first-order chi connectivity index (χ1) is 13.0. The smallest absolute Gasteiger partial charge is 0.338 e. The molecule has 0 saturated heterocycles. The maximum Gasteiger partial charge on any atom is 0.338 e. The Labute approximate surface area is 165 Å². The molecule has 0 aliphatic heterocycles. The molecule has 0 spiro atoms. The number of benzene rings is 2. The third-order valence-corrected chi connectivity index (χ3v) is 5.03. The number of halogens is 1. The van der Waals surface area contributed by atoms with Crippen molar-refractivity contribution in [2.75, 3.05) is 11.6 Å². The summed E-state index contributed by atoms with van der Waals surface area (Å²) in [5.41, 5.74) is -0.0434. The minimum absolute atomic E-state index is 0.0440. The van der Waals surface area contributed by atoms with Crippen LogP contribution in [0.4, 0.5) is 11.4 Å². The number of hydrogen-bond donors (Lipinski definition) is 1. The van der Waals surface area contributed by atoms with E-state index in [1.54, 1.807) is 0 Å². The predicted molar refractivity (Wildman–Crippen MR) is 101 cm³/mol. The number of sulfone groups is 1. The van der Waals surface area contributed by atoms with E-state index in [4.69, 9.17) is 16.3 Å². The largest absolute Gasteiger partial charge is 0.449 e. The van der Waals surface area contributed by atoms with Crippen LogP contribution in [0.2, 0.25) is 5.02 Å². The molecule has 2 aromatic rings. The Hall–Kier alpha value is -2.98. The van der Waals surface area contributed by atoms with Crippen molar-refractivity contribution in [3.8, 4) is 0 Å². The molecule has 0 bridgehead atoms. The van der Waals surface area contributed by atoms with E-state index in [1.807, 2.05) is 0 Å². The van der Waals surface area contributed by atoms with Gasteiger partial charge in [0.25, 0.3) is 11.6 Å². The summed E-state index contributed by atoms with van der Waals surface area (Å²) in [6.45, 7) is 1.33. The number of amides is 1. The lowest BCUT2D eigenvalue weighted by Gasteiger charge is -2.14. The highest BCUT2D eigenvalue weighted by molar-refractivity contribution is 7.90. The summed E-state index contributed by atoms with van der Waals surface area (Å²) in [4.78, 5) is 34.4. The second-order valence-electron chi connectivity index (χ2n) is 5.75. The van der Waals surface area contributed by atoms with E-state index in [-0.39, 0.29) is 26.9 Å². The SMILES string of the molecule is CC(OC(=O)c1ccc(S(C)(=O)=O)cc1)C(=O)Nc1ccc([N+](=O)[O-])cc1Cl. The van der Waals surface area contributed by atoms with Crippen LogP contribution >= 0.6 is 11.6 Å². The third-order valence-electron chi connectivity index (χ3n) is 3.59. The van der Waals surface area contributed by atoms with E-state index in [2.05, 4.69) is 5.32 Å². The molecule has 1 unspecified atom stereocenters. The van der Waals surface area contributed by atoms with Gasteiger partial charge in [-0.2, -0.15) is 0 Å². The van der Waals surface area contributed by atoms with Crippen molar-refractivity contribution in [3.63, 3.8) is 0 Å². The number of esters is 1. The van der Waals surface area contributed by atoms with Crippen molar-refractivity contribution < 1.29 is 27.7 Å². The standard InChI is InChI=1S/C17H15ClN2O7S/c1-10(16(21)19-15-8-5-12(20(23)24)9-14(15)18)27-17(22)11-3-6-13(7-4-11)28(2,25)26/h3-10H,1-2H3,(H,19,21). The van der Waals surface area contributed by atoms with Gasteiger partial charge in [0.05, 0.1) is 26.1 Å². The average Bonchev–Trinajstić information content (AvgIpc) is 2.62. The minimum Gasteiger partial charge on any atom is -0.449 e. The number of rotatable bonds is 6. The van der Waals surface area contributed by atoms with Crippen molar-refractivity contribution in [1.82, 2.24) is 0 Å². The van der Waals surface area contributed by atoms with Crippen LogP contribution < -0.4 is 5.32 Å². The van der Waals surface area contributed by atoms with Gasteiger partial charge >= 0.3 is 5.97 Å². The van der Waals surface area contributed by atoms with E-state index >= 15 is 0 Å². The maximum absolute atomic E-state index is 12.2. The lowest BCUT2D eigenvalue weighted by Crippen LogP contribution is -2.30. The van der Waals surface area contributed by atoms with Gasteiger partial charge < -0.3 is 10.1 Å². The number of anilines is 1. The van der Waals surface area contributed by atoms with Crippen LogP contribution in [0.25, 0.3) is 0 Å². The van der Waals surface area contributed by atoms with E-state index in [1.165, 1.54) is 43.3 Å². The molecule has 0 radical (unpaired) electrons. The molecule has 9 nitrogen and oxygen atoms in total. The van der Waals surface area contributed by atoms with Gasteiger partial charge in [0.1, 0.15) is 0 Å². The molecular weight excluding hydrogens is 412 g/mol. The number of non-ortho nitro benzene ring substituents is 1. The summed E-state index contributed by atoms with van der Waals surface area (Å²) < 4.78 is 27.9. The summed E-state index contributed by atoms with van der Waals surface area (Å²) in [6.07, 6.45) is -0.163. The molecule has 0 saturated carbocycles. The predicted octanol–water partition coefficient (Wildman–Crippen LogP) is 2.84. The number of hydrogen-bond acceptors (Lipinski definition) is 7. The molecule has 1 N–H and O–H groups in total. The summed E-state index contributed by atoms with van der Waals surface area (Å²) in [7, 11) is -3.40. The molecule has 1 amide bonds. The molecule has 28 heavy (non-hydrogen) atoms. The number of carbonyl (C=O) groups excluding carboxylic acids is 2. The van der Waals surface area contributed by atoms with Crippen LogP contribution in [0.5, 0.6) is 0 Å². The molecule has 0 fully saturated rings. The van der Waals surface area contributed by atoms with Crippen LogP contribution in [0, 0.1) is 10.1 Å². The highest BCUT2D eigenvalue weighted by Gasteiger charge is 2.21. The second-order valence-corrected chi connectivity index (χ2v) is 8.18. The first kappa shape index (κ1) is 21.3. The Kier molecular flexibility index (Phi) is 6.37. The van der Waals surface area contributed by atoms with E-state index in [0.29, 0.717) is 0 Å². The zero-order valence-corrected chi connectivity index (χ0v) is 16.3. The summed E-state index contributed by atoms with van der Waals surface area (Å²) in [5, 5.41) is 13.1. The number of nitro groups is 1. The van der Waals surface area contributed by atoms with Gasteiger partial charge in [-0.25, -0.2) is 13.2 Å². The van der Waals surface area contributed by atoms with Crippen molar-refractivity contribution >= 4 is 44.7 Å². The lowest BCUT2D eigenvalue weighted by molar-refractivity contribution is -0.384. The Morgan fingerprint density at radius 2 is 1.79 bits per heavy atom. The van der Waals surface area contributed by atoms with Crippen LogP contribution in [-0.2, 0) is 19.4 Å². The monoisotopic (exact) mass is 426 g/mol. The molecule has 2 rings (SSSR count). The topological polar surface area (TPSA) is 133 Å². The van der Waals surface area contributed by atoms with E-state index in [9.17, 15) is 28.1 Å². The Morgan fingerprint density at radius 3 is 2.29 bits per heavy atom. The van der Waals surface area contributed by atoms with Crippen LogP contribution in [-0.4, -0.2) is 37.6 Å². The molecule has 2 aromatic carbocycles. The maximum atomic E-state index is 12.2. The Bertz CT molecular complexity index is 1040. The average molecular weight is 427 g/mol. The van der Waals surface area contributed by atoms with Crippen LogP contribution in [0.1, 0.15) is 17.3 Å². The molecule has 0 aliphatic rings. The fourth-order valence-corrected chi connectivity index (χ4v) is 2.93. The van der Waals surface area contributed by atoms with Gasteiger partial charge in [-0.05, 0) is 37.3 Å². The molecule has 1 atom stereocenters. The zero-order chi connectivity index (χ0) is 21.1. The first-order valence-corrected chi connectivity index (χ1v) is 10.0.